The number of allylic oxidation sites excluding steroid dienone is 3. The predicted molar refractivity (Wildman–Crippen MR) is 332 cm³/mol. The molecular formula is C75H68N2. The van der Waals surface area contributed by atoms with E-state index in [0.29, 0.717) is 11.5 Å². The van der Waals surface area contributed by atoms with Gasteiger partial charge in [0.1, 0.15) is 0 Å². The van der Waals surface area contributed by atoms with Crippen LogP contribution in [0.3, 0.4) is 0 Å². The first-order valence-corrected chi connectivity index (χ1v) is 26.8. The maximum atomic E-state index is 5.41. The molecule has 0 saturated carbocycles. The number of rotatable bonds is 13. The molecule has 1 aliphatic carbocycles. The van der Waals surface area contributed by atoms with Crippen LogP contribution in [0, 0.1) is 5.41 Å². The zero-order chi connectivity index (χ0) is 53.9. The first-order valence-electron chi connectivity index (χ1n) is 26.8. The highest BCUT2D eigenvalue weighted by atomic mass is 14.9. The van der Waals surface area contributed by atoms with Crippen molar-refractivity contribution in [3.05, 3.63) is 289 Å². The predicted octanol–water partition coefficient (Wildman–Crippen LogP) is 20.4. The van der Waals surface area contributed by atoms with Gasteiger partial charge in [-0.05, 0) is 173 Å². The highest BCUT2D eigenvalue weighted by molar-refractivity contribution is 6.14. The third-order valence-electron chi connectivity index (χ3n) is 16.9. The topological polar surface area (TPSA) is 24.7 Å². The summed E-state index contributed by atoms with van der Waals surface area (Å²) in [6.07, 6.45) is 6.14. The van der Waals surface area contributed by atoms with E-state index < -0.39 is 0 Å². The monoisotopic (exact) mass is 997 g/mol. The van der Waals surface area contributed by atoms with Crippen LogP contribution < -0.4 is 0 Å². The van der Waals surface area contributed by atoms with Gasteiger partial charge in [0, 0.05) is 16.8 Å². The zero-order valence-corrected chi connectivity index (χ0v) is 45.9. The second kappa shape index (κ2) is 21.5. The summed E-state index contributed by atoms with van der Waals surface area (Å²) in [6.45, 7) is 27.6. The van der Waals surface area contributed by atoms with Crippen LogP contribution in [0.2, 0.25) is 0 Å². The molecule has 0 aromatic heterocycles. The van der Waals surface area contributed by atoms with Crippen molar-refractivity contribution in [2.24, 2.45) is 15.4 Å². The average molecular weight is 997 g/mol. The molecule has 10 rings (SSSR count). The lowest BCUT2D eigenvalue weighted by atomic mass is 9.59. The minimum absolute atomic E-state index is 0.00493. The van der Waals surface area contributed by atoms with Crippen LogP contribution >= 0.6 is 0 Å². The fourth-order valence-electron chi connectivity index (χ4n) is 11.0. The molecule has 0 unspecified atom stereocenters. The Labute approximate surface area is 458 Å². The summed E-state index contributed by atoms with van der Waals surface area (Å²) in [4.78, 5) is 10.7. The van der Waals surface area contributed by atoms with Gasteiger partial charge in [-0.15, -0.1) is 0 Å². The molecule has 378 valence electrons. The molecule has 2 heteroatoms. The number of hydrogen-bond acceptors (Lipinski definition) is 1. The van der Waals surface area contributed by atoms with Gasteiger partial charge in [0.2, 0.25) is 0 Å². The highest BCUT2D eigenvalue weighted by Crippen LogP contribution is 2.61. The van der Waals surface area contributed by atoms with Crippen molar-refractivity contribution in [3.8, 4) is 66.8 Å². The Hall–Kier alpha value is -8.72. The van der Waals surface area contributed by atoms with Gasteiger partial charge in [-0.3, -0.25) is 0 Å². The van der Waals surface area contributed by atoms with Crippen molar-refractivity contribution < 1.29 is 0 Å². The number of benzene rings is 9. The Balaban J connectivity index is 1.06. The molecule has 0 amide bonds. The van der Waals surface area contributed by atoms with Crippen LogP contribution in [0.1, 0.15) is 83.2 Å². The molecule has 2 nitrogen and oxygen atoms in total. The number of amidine groups is 1. The number of fused-ring (bicyclic) bond motifs is 1. The second-order valence-electron chi connectivity index (χ2n) is 22.1. The summed E-state index contributed by atoms with van der Waals surface area (Å²) < 4.78 is 0. The van der Waals surface area contributed by atoms with E-state index in [4.69, 9.17) is 9.98 Å². The number of hydrogen-bond donors (Lipinski definition) is 0. The normalized spacial score (nSPS) is 15.0. The van der Waals surface area contributed by atoms with Gasteiger partial charge < -0.3 is 0 Å². The summed E-state index contributed by atoms with van der Waals surface area (Å²) in [5.74, 6) is 0.524. The largest absolute Gasteiger partial charge is 0.233 e. The van der Waals surface area contributed by atoms with Crippen molar-refractivity contribution in [1.82, 2.24) is 0 Å². The fourth-order valence-corrected chi connectivity index (χ4v) is 11.0. The molecule has 0 atom stereocenters. The minimum Gasteiger partial charge on any atom is -0.233 e. The van der Waals surface area contributed by atoms with E-state index in [-0.39, 0.29) is 16.2 Å². The molecule has 0 spiro atoms. The third kappa shape index (κ3) is 10.5. The van der Waals surface area contributed by atoms with Crippen LogP contribution in [0.5, 0.6) is 0 Å². The quantitative estimate of drug-likeness (QED) is 0.0625. The summed E-state index contributed by atoms with van der Waals surface area (Å²) >= 11 is 0. The van der Waals surface area contributed by atoms with E-state index in [2.05, 4.69) is 305 Å². The lowest BCUT2D eigenvalue weighted by Gasteiger charge is -2.44. The molecule has 0 radical (unpaired) electrons. The van der Waals surface area contributed by atoms with Gasteiger partial charge in [-0.25, -0.2) is 9.98 Å². The Bertz CT molecular complexity index is 3670. The van der Waals surface area contributed by atoms with Crippen LogP contribution in [0.4, 0.5) is 0 Å². The number of nitrogens with zero attached hydrogens (tertiary/aromatic N) is 2. The molecule has 1 aliphatic rings. The molecule has 9 aromatic rings. The van der Waals surface area contributed by atoms with Gasteiger partial charge >= 0.3 is 0 Å². The Morgan fingerprint density at radius 1 is 0.364 bits per heavy atom. The second-order valence-corrected chi connectivity index (χ2v) is 22.1. The van der Waals surface area contributed by atoms with E-state index >= 15 is 0 Å². The van der Waals surface area contributed by atoms with Gasteiger partial charge in [0.25, 0.3) is 0 Å². The maximum Gasteiger partial charge on any atom is 0.159 e. The summed E-state index contributed by atoms with van der Waals surface area (Å²) in [5.41, 5.74) is 23.1. The Morgan fingerprint density at radius 2 is 0.753 bits per heavy atom. The van der Waals surface area contributed by atoms with Gasteiger partial charge in [-0.1, -0.05) is 249 Å². The van der Waals surface area contributed by atoms with E-state index in [1.165, 1.54) is 38.9 Å². The number of aliphatic imine (C=N–C) groups is 2. The van der Waals surface area contributed by atoms with Crippen molar-refractivity contribution in [3.63, 3.8) is 0 Å². The van der Waals surface area contributed by atoms with E-state index in [9.17, 15) is 0 Å². The van der Waals surface area contributed by atoms with Crippen LogP contribution in [0.15, 0.2) is 271 Å². The van der Waals surface area contributed by atoms with E-state index in [1.807, 2.05) is 6.08 Å². The van der Waals surface area contributed by atoms with E-state index in [0.717, 1.165) is 72.5 Å². The van der Waals surface area contributed by atoms with Crippen LogP contribution in [-0.4, -0.2) is 11.5 Å². The van der Waals surface area contributed by atoms with Gasteiger partial charge in [0.15, 0.2) is 5.84 Å². The Kier molecular flexibility index (Phi) is 14.4. The maximum absolute atomic E-state index is 5.41. The standard InChI is InChI=1S/C75H68N2/c1-11-54(39-38-51(2)59-40-41-70-71(50-59)74(7,8)75(9,10)73(70,5)6)72(76-52(3)60-34-24-36-62(42-60)68-46-64(55-26-16-12-17-27-55)44-65(47-68)56-28-18-13-19-29-56)77-53(4)61-35-25-37-63(43-61)69-48-66(57-30-20-14-21-31-57)45-67(49-69)58-32-22-15-23-33-58/h11-50H,1,3H2,2,4-10H3/b51-38+,54-39+,76-72-,77-53+. The zero-order valence-electron chi connectivity index (χ0n) is 45.9. The first kappa shape index (κ1) is 51.8. The molecule has 0 fully saturated rings. The average Bonchev–Trinajstić information content (AvgIpc) is 3.72. The first-order chi connectivity index (χ1) is 37.1. The SMILES string of the molecule is C=CC(=C\C=C(/C)c1ccc2c(c1)C(C)(C)C(C)(C)C2(C)C)/C(=N/C(=C)c1cccc(-c2cc(-c3ccccc3)cc(-c3ccccc3)c2)c1)/N=C(\C)c1cccc(-c2cc(-c3ccccc3)cc(-c3ccccc3)c2)c1. The smallest absolute Gasteiger partial charge is 0.159 e. The molecule has 0 heterocycles. The molecule has 0 N–H and O–H groups in total. The van der Waals surface area contributed by atoms with E-state index in [1.54, 1.807) is 0 Å². The minimum atomic E-state index is -0.00493. The molecule has 9 aromatic carbocycles. The molecule has 0 saturated heterocycles. The van der Waals surface area contributed by atoms with Crippen molar-refractivity contribution in [2.75, 3.05) is 0 Å². The lowest BCUT2D eigenvalue weighted by Crippen LogP contribution is -2.42. The summed E-state index contributed by atoms with van der Waals surface area (Å²) in [7, 11) is 0. The van der Waals surface area contributed by atoms with Gasteiger partial charge in [0.05, 0.1) is 5.70 Å². The molecule has 0 bridgehead atoms. The van der Waals surface area contributed by atoms with Crippen molar-refractivity contribution in [1.29, 1.82) is 0 Å². The van der Waals surface area contributed by atoms with Gasteiger partial charge in [-0.2, -0.15) is 0 Å². The Morgan fingerprint density at radius 3 is 1.19 bits per heavy atom. The van der Waals surface area contributed by atoms with Crippen molar-refractivity contribution in [2.45, 2.75) is 66.2 Å². The third-order valence-corrected chi connectivity index (χ3v) is 16.9. The van der Waals surface area contributed by atoms with Crippen LogP contribution in [-0.2, 0) is 10.8 Å². The summed E-state index contributed by atoms with van der Waals surface area (Å²) in [5, 5.41) is 0. The highest BCUT2D eigenvalue weighted by Gasteiger charge is 2.56. The molecular weight excluding hydrogens is 929 g/mol. The molecule has 77 heavy (non-hydrogen) atoms. The van der Waals surface area contributed by atoms with Crippen LogP contribution in [0.25, 0.3) is 78.0 Å². The molecule has 0 aliphatic heterocycles. The van der Waals surface area contributed by atoms with Crippen molar-refractivity contribution >= 4 is 22.8 Å². The lowest BCUT2D eigenvalue weighted by molar-refractivity contribution is 0.125. The fraction of sp³-hybridized carbons (Fsp3) is 0.147. The summed E-state index contributed by atoms with van der Waals surface area (Å²) in [6, 6.07) is 80.3.